The van der Waals surface area contributed by atoms with Gasteiger partial charge < -0.3 is 5.32 Å². The fraction of sp³-hybridized carbons (Fsp3) is 0.600. The van der Waals surface area contributed by atoms with Crippen LogP contribution in [0.3, 0.4) is 0 Å². The molecule has 94 valence electrons. The molecule has 1 fully saturated rings. The van der Waals surface area contributed by atoms with Crippen molar-refractivity contribution in [2.75, 3.05) is 6.54 Å². The second-order valence-corrected chi connectivity index (χ2v) is 6.13. The lowest BCUT2D eigenvalue weighted by atomic mass is 9.92. The van der Waals surface area contributed by atoms with Gasteiger partial charge in [-0.25, -0.2) is 0 Å². The van der Waals surface area contributed by atoms with Crippen LogP contribution in [0.5, 0.6) is 0 Å². The maximum Gasteiger partial charge on any atom is 0.0408 e. The molecule has 0 spiro atoms. The molecule has 2 heteroatoms. The number of nitrogens with one attached hydrogen (secondary N) is 1. The van der Waals surface area contributed by atoms with Crippen molar-refractivity contribution >= 4 is 11.6 Å². The summed E-state index contributed by atoms with van der Waals surface area (Å²) in [4.78, 5) is 0. The van der Waals surface area contributed by atoms with Crippen LogP contribution in [-0.2, 0) is 6.54 Å². The molecule has 0 saturated heterocycles. The number of rotatable bonds is 5. The van der Waals surface area contributed by atoms with Crippen LogP contribution < -0.4 is 5.32 Å². The van der Waals surface area contributed by atoms with Gasteiger partial charge in [-0.2, -0.15) is 0 Å². The molecule has 0 aromatic heterocycles. The maximum absolute atomic E-state index is 5.95. The number of aryl methyl sites for hydroxylation is 1. The summed E-state index contributed by atoms with van der Waals surface area (Å²) in [6.45, 7) is 8.90. The van der Waals surface area contributed by atoms with Crippen LogP contribution in [0.1, 0.15) is 37.8 Å². The van der Waals surface area contributed by atoms with Crippen molar-refractivity contribution in [2.45, 2.75) is 40.2 Å². The molecule has 0 unspecified atom stereocenters. The lowest BCUT2D eigenvalue weighted by molar-refractivity contribution is 0.337. The lowest BCUT2D eigenvalue weighted by Crippen LogP contribution is -2.27. The maximum atomic E-state index is 5.95. The van der Waals surface area contributed by atoms with Crippen molar-refractivity contribution in [1.29, 1.82) is 0 Å². The van der Waals surface area contributed by atoms with E-state index in [1.807, 2.05) is 12.1 Å². The fourth-order valence-electron chi connectivity index (χ4n) is 2.42. The largest absolute Gasteiger partial charge is 0.312 e. The predicted molar refractivity (Wildman–Crippen MR) is 74.4 cm³/mol. The highest BCUT2D eigenvalue weighted by Gasteiger charge is 2.44. The summed E-state index contributed by atoms with van der Waals surface area (Å²) in [7, 11) is 0. The second-order valence-electron chi connectivity index (χ2n) is 5.69. The van der Waals surface area contributed by atoms with E-state index in [1.165, 1.54) is 24.0 Å². The molecule has 0 amide bonds. The minimum atomic E-state index is 0.584. The minimum absolute atomic E-state index is 0.584. The van der Waals surface area contributed by atoms with Crippen molar-refractivity contribution in [3.05, 3.63) is 34.3 Å². The normalized spacial score (nSPS) is 17.5. The third-order valence-electron chi connectivity index (χ3n) is 4.21. The molecule has 1 nitrogen and oxygen atoms in total. The smallest absolute Gasteiger partial charge is 0.0408 e. The minimum Gasteiger partial charge on any atom is -0.312 e. The first-order valence-electron chi connectivity index (χ1n) is 6.49. The zero-order chi connectivity index (χ0) is 12.5. The second kappa shape index (κ2) is 4.99. The van der Waals surface area contributed by atoms with Crippen LogP contribution in [0.15, 0.2) is 18.2 Å². The van der Waals surface area contributed by atoms with Crippen LogP contribution in [-0.4, -0.2) is 6.54 Å². The SMILES string of the molecule is Cc1cc(Cl)ccc1CNCC1(C(C)C)CC1. The van der Waals surface area contributed by atoms with Crippen LogP contribution in [0, 0.1) is 18.3 Å². The van der Waals surface area contributed by atoms with Crippen molar-refractivity contribution in [3.63, 3.8) is 0 Å². The van der Waals surface area contributed by atoms with Gasteiger partial charge in [-0.05, 0) is 54.4 Å². The highest BCUT2D eigenvalue weighted by molar-refractivity contribution is 6.30. The monoisotopic (exact) mass is 251 g/mol. The Morgan fingerprint density at radius 3 is 2.59 bits per heavy atom. The molecule has 0 radical (unpaired) electrons. The molecule has 2 rings (SSSR count). The Labute approximate surface area is 110 Å². The van der Waals surface area contributed by atoms with Crippen LogP contribution in [0.4, 0.5) is 0 Å². The number of hydrogen-bond donors (Lipinski definition) is 1. The summed E-state index contributed by atoms with van der Waals surface area (Å²) in [5, 5.41) is 4.43. The molecule has 0 bridgehead atoms. The lowest BCUT2D eigenvalue weighted by Gasteiger charge is -2.20. The molecule has 1 aliphatic carbocycles. The summed E-state index contributed by atoms with van der Waals surface area (Å²) in [6.07, 6.45) is 2.77. The van der Waals surface area contributed by atoms with E-state index in [2.05, 4.69) is 32.2 Å². The van der Waals surface area contributed by atoms with Gasteiger partial charge in [0.05, 0.1) is 0 Å². The standard InChI is InChI=1S/C15H22ClN/c1-11(2)15(6-7-15)10-17-9-13-4-5-14(16)8-12(13)3/h4-5,8,11,17H,6-7,9-10H2,1-3H3. The molecule has 1 saturated carbocycles. The molecular formula is C15H22ClN. The quantitative estimate of drug-likeness (QED) is 0.828. The average molecular weight is 252 g/mol. The van der Waals surface area contributed by atoms with E-state index < -0.39 is 0 Å². The first-order valence-corrected chi connectivity index (χ1v) is 6.87. The Balaban J connectivity index is 1.86. The van der Waals surface area contributed by atoms with Gasteiger partial charge in [0, 0.05) is 18.1 Å². The Bertz CT molecular complexity index is 394. The van der Waals surface area contributed by atoms with E-state index >= 15 is 0 Å². The molecule has 17 heavy (non-hydrogen) atoms. The van der Waals surface area contributed by atoms with Gasteiger partial charge in [-0.1, -0.05) is 31.5 Å². The highest BCUT2D eigenvalue weighted by Crippen LogP contribution is 2.51. The molecule has 1 aromatic carbocycles. The Hall–Kier alpha value is -0.530. The predicted octanol–water partition coefficient (Wildman–Crippen LogP) is 4.17. The van der Waals surface area contributed by atoms with E-state index in [4.69, 9.17) is 11.6 Å². The van der Waals surface area contributed by atoms with E-state index in [9.17, 15) is 0 Å². The molecular weight excluding hydrogens is 230 g/mol. The number of hydrogen-bond acceptors (Lipinski definition) is 1. The van der Waals surface area contributed by atoms with Gasteiger partial charge in [-0.3, -0.25) is 0 Å². The van der Waals surface area contributed by atoms with Crippen LogP contribution in [0.2, 0.25) is 5.02 Å². The first-order chi connectivity index (χ1) is 8.03. The molecule has 0 atom stereocenters. The van der Waals surface area contributed by atoms with Gasteiger partial charge >= 0.3 is 0 Å². The number of benzene rings is 1. The Kier molecular flexibility index (Phi) is 3.79. The topological polar surface area (TPSA) is 12.0 Å². The number of halogens is 1. The molecule has 1 N–H and O–H groups in total. The van der Waals surface area contributed by atoms with Crippen LogP contribution in [0.25, 0.3) is 0 Å². The Morgan fingerprint density at radius 1 is 1.35 bits per heavy atom. The van der Waals surface area contributed by atoms with Crippen molar-refractivity contribution in [3.8, 4) is 0 Å². The third kappa shape index (κ3) is 3.02. The van der Waals surface area contributed by atoms with Crippen molar-refractivity contribution in [2.24, 2.45) is 11.3 Å². The summed E-state index contributed by atoms with van der Waals surface area (Å²) < 4.78 is 0. The highest BCUT2D eigenvalue weighted by atomic mass is 35.5. The fourth-order valence-corrected chi connectivity index (χ4v) is 2.65. The zero-order valence-electron chi connectivity index (χ0n) is 11.0. The third-order valence-corrected chi connectivity index (χ3v) is 4.45. The van der Waals surface area contributed by atoms with Gasteiger partial charge in [-0.15, -0.1) is 0 Å². The summed E-state index contributed by atoms with van der Waals surface area (Å²) in [5.74, 6) is 0.793. The summed E-state index contributed by atoms with van der Waals surface area (Å²) in [6, 6.07) is 6.13. The van der Waals surface area contributed by atoms with Crippen LogP contribution >= 0.6 is 11.6 Å². The molecule has 1 aliphatic rings. The molecule has 1 aromatic rings. The zero-order valence-corrected chi connectivity index (χ0v) is 11.8. The van der Waals surface area contributed by atoms with Gasteiger partial charge in [0.25, 0.3) is 0 Å². The Morgan fingerprint density at radius 2 is 2.06 bits per heavy atom. The van der Waals surface area contributed by atoms with Gasteiger partial charge in [0.1, 0.15) is 0 Å². The van der Waals surface area contributed by atoms with Gasteiger partial charge in [0.2, 0.25) is 0 Å². The first kappa shape index (κ1) is 12.9. The van der Waals surface area contributed by atoms with E-state index in [0.29, 0.717) is 5.41 Å². The van der Waals surface area contributed by atoms with E-state index in [-0.39, 0.29) is 0 Å². The molecule has 0 heterocycles. The summed E-state index contributed by atoms with van der Waals surface area (Å²) >= 11 is 5.95. The summed E-state index contributed by atoms with van der Waals surface area (Å²) in [5.41, 5.74) is 3.22. The van der Waals surface area contributed by atoms with E-state index in [0.717, 1.165) is 24.0 Å². The van der Waals surface area contributed by atoms with Crippen molar-refractivity contribution in [1.82, 2.24) is 5.32 Å². The molecule has 0 aliphatic heterocycles. The van der Waals surface area contributed by atoms with Gasteiger partial charge in [0.15, 0.2) is 0 Å². The average Bonchev–Trinajstić information content (AvgIpc) is 3.02. The van der Waals surface area contributed by atoms with Crippen molar-refractivity contribution < 1.29 is 0 Å². The van der Waals surface area contributed by atoms with E-state index in [1.54, 1.807) is 0 Å².